The highest BCUT2D eigenvalue weighted by Gasteiger charge is 2.34. The monoisotopic (exact) mass is 163 g/mol. The summed E-state index contributed by atoms with van der Waals surface area (Å²) in [6.07, 6.45) is 1.12. The lowest BCUT2D eigenvalue weighted by atomic mass is 10.1. The Morgan fingerprint density at radius 1 is 1.50 bits per heavy atom. The third kappa shape index (κ3) is 1.30. The lowest BCUT2D eigenvalue weighted by molar-refractivity contribution is 0.414. The maximum atomic E-state index is 5.75. The van der Waals surface area contributed by atoms with E-state index in [1.807, 2.05) is 12.1 Å². The summed E-state index contributed by atoms with van der Waals surface area (Å²) in [4.78, 5) is 0. The van der Waals surface area contributed by atoms with Crippen molar-refractivity contribution in [3.8, 4) is 5.75 Å². The van der Waals surface area contributed by atoms with Gasteiger partial charge in [0.05, 0.1) is 7.11 Å². The molecule has 0 radical (unpaired) electrons. The van der Waals surface area contributed by atoms with Crippen molar-refractivity contribution in [3.05, 3.63) is 29.8 Å². The summed E-state index contributed by atoms with van der Waals surface area (Å²) < 4.78 is 5.13. The minimum absolute atomic E-state index is 0.372. The van der Waals surface area contributed by atoms with E-state index in [0.717, 1.165) is 12.2 Å². The van der Waals surface area contributed by atoms with Gasteiger partial charge in [0.25, 0.3) is 0 Å². The van der Waals surface area contributed by atoms with Crippen LogP contribution >= 0.6 is 0 Å². The number of benzene rings is 1. The number of methoxy groups -OCH3 is 1. The second kappa shape index (κ2) is 2.79. The molecular weight excluding hydrogens is 150 g/mol. The second-order valence-electron chi connectivity index (χ2n) is 3.28. The van der Waals surface area contributed by atoms with E-state index in [-0.39, 0.29) is 0 Å². The van der Waals surface area contributed by atoms with Gasteiger partial charge in [-0.2, -0.15) is 0 Å². The van der Waals surface area contributed by atoms with E-state index in [0.29, 0.717) is 12.0 Å². The van der Waals surface area contributed by atoms with E-state index in [1.54, 1.807) is 7.11 Å². The molecule has 2 rings (SSSR count). The fraction of sp³-hybridized carbons (Fsp3) is 0.400. The predicted molar refractivity (Wildman–Crippen MR) is 48.3 cm³/mol. The van der Waals surface area contributed by atoms with E-state index < -0.39 is 0 Å². The molecule has 2 nitrogen and oxygen atoms in total. The summed E-state index contributed by atoms with van der Waals surface area (Å²) in [5, 5.41) is 0. The standard InChI is InChI=1S/C10H13NO/c1-12-8-4-2-3-7(5-8)9-6-10(9)11/h2-5,9-10H,6,11H2,1H3/t9-,10+/m1/s1. The predicted octanol–water partition coefficient (Wildman–Crippen LogP) is 1.51. The van der Waals surface area contributed by atoms with Crippen molar-refractivity contribution in [1.29, 1.82) is 0 Å². The Morgan fingerprint density at radius 3 is 2.83 bits per heavy atom. The molecule has 1 aromatic carbocycles. The third-order valence-electron chi connectivity index (χ3n) is 2.36. The fourth-order valence-corrected chi connectivity index (χ4v) is 1.47. The Balaban J connectivity index is 2.21. The van der Waals surface area contributed by atoms with Crippen molar-refractivity contribution in [2.45, 2.75) is 18.4 Å². The summed E-state index contributed by atoms with van der Waals surface area (Å²) in [5.41, 5.74) is 7.06. The minimum Gasteiger partial charge on any atom is -0.497 e. The van der Waals surface area contributed by atoms with Gasteiger partial charge >= 0.3 is 0 Å². The van der Waals surface area contributed by atoms with Crippen LogP contribution in [0.5, 0.6) is 5.75 Å². The number of hydrogen-bond acceptors (Lipinski definition) is 2. The Hall–Kier alpha value is -1.02. The maximum Gasteiger partial charge on any atom is 0.119 e. The molecule has 64 valence electrons. The highest BCUT2D eigenvalue weighted by molar-refractivity contribution is 5.34. The SMILES string of the molecule is COc1cccc([C@H]2C[C@@H]2N)c1. The Bertz CT molecular complexity index is 285. The molecule has 1 aromatic rings. The molecule has 0 bridgehead atoms. The molecule has 1 aliphatic carbocycles. The maximum absolute atomic E-state index is 5.75. The molecule has 0 amide bonds. The van der Waals surface area contributed by atoms with Gasteiger partial charge in [0.1, 0.15) is 5.75 Å². The molecule has 2 heteroatoms. The smallest absolute Gasteiger partial charge is 0.119 e. The molecule has 2 atom stereocenters. The van der Waals surface area contributed by atoms with Crippen LogP contribution in [0.15, 0.2) is 24.3 Å². The Labute approximate surface area is 72.3 Å². The lowest BCUT2D eigenvalue weighted by Crippen LogP contribution is -2.00. The Morgan fingerprint density at radius 2 is 2.25 bits per heavy atom. The lowest BCUT2D eigenvalue weighted by Gasteiger charge is -2.02. The van der Waals surface area contributed by atoms with Gasteiger partial charge in [-0.05, 0) is 24.1 Å². The zero-order chi connectivity index (χ0) is 8.55. The van der Waals surface area contributed by atoms with Crippen LogP contribution in [-0.2, 0) is 0 Å². The first-order chi connectivity index (χ1) is 5.81. The van der Waals surface area contributed by atoms with Gasteiger partial charge in [-0.3, -0.25) is 0 Å². The highest BCUT2D eigenvalue weighted by atomic mass is 16.5. The zero-order valence-electron chi connectivity index (χ0n) is 7.16. The van der Waals surface area contributed by atoms with E-state index in [4.69, 9.17) is 10.5 Å². The third-order valence-corrected chi connectivity index (χ3v) is 2.36. The van der Waals surface area contributed by atoms with Crippen molar-refractivity contribution in [3.63, 3.8) is 0 Å². The van der Waals surface area contributed by atoms with Crippen molar-refractivity contribution in [1.82, 2.24) is 0 Å². The van der Waals surface area contributed by atoms with Gasteiger partial charge in [0.2, 0.25) is 0 Å². The quantitative estimate of drug-likeness (QED) is 0.717. The molecule has 0 saturated heterocycles. The van der Waals surface area contributed by atoms with E-state index in [2.05, 4.69) is 12.1 Å². The van der Waals surface area contributed by atoms with Crippen molar-refractivity contribution in [2.24, 2.45) is 5.73 Å². The molecule has 0 spiro atoms. The Kier molecular flexibility index (Phi) is 1.77. The topological polar surface area (TPSA) is 35.2 Å². The van der Waals surface area contributed by atoms with Crippen LogP contribution < -0.4 is 10.5 Å². The number of nitrogens with two attached hydrogens (primary N) is 1. The number of ether oxygens (including phenoxy) is 1. The molecule has 0 aliphatic heterocycles. The van der Waals surface area contributed by atoms with Crippen LogP contribution in [0, 0.1) is 0 Å². The molecule has 1 fully saturated rings. The summed E-state index contributed by atoms with van der Waals surface area (Å²) in [6.45, 7) is 0. The van der Waals surface area contributed by atoms with Crippen LogP contribution in [0.3, 0.4) is 0 Å². The molecule has 12 heavy (non-hydrogen) atoms. The first kappa shape index (κ1) is 7.62. The second-order valence-corrected chi connectivity index (χ2v) is 3.28. The van der Waals surface area contributed by atoms with E-state index in [9.17, 15) is 0 Å². The van der Waals surface area contributed by atoms with E-state index >= 15 is 0 Å². The molecule has 1 aliphatic rings. The highest BCUT2D eigenvalue weighted by Crippen LogP contribution is 2.39. The average Bonchev–Trinajstić information content (AvgIpc) is 2.83. The van der Waals surface area contributed by atoms with Crippen LogP contribution in [0.25, 0.3) is 0 Å². The van der Waals surface area contributed by atoms with E-state index in [1.165, 1.54) is 5.56 Å². The fourth-order valence-electron chi connectivity index (χ4n) is 1.47. The van der Waals surface area contributed by atoms with Crippen LogP contribution in [0.2, 0.25) is 0 Å². The number of hydrogen-bond donors (Lipinski definition) is 1. The van der Waals surface area contributed by atoms with Crippen molar-refractivity contribution >= 4 is 0 Å². The number of rotatable bonds is 2. The van der Waals surface area contributed by atoms with Gasteiger partial charge in [-0.25, -0.2) is 0 Å². The van der Waals surface area contributed by atoms with Gasteiger partial charge in [0, 0.05) is 12.0 Å². The van der Waals surface area contributed by atoms with Gasteiger partial charge in [0.15, 0.2) is 0 Å². The largest absolute Gasteiger partial charge is 0.497 e. The molecule has 2 N–H and O–H groups in total. The summed E-state index contributed by atoms with van der Waals surface area (Å²) in [7, 11) is 1.69. The van der Waals surface area contributed by atoms with Crippen LogP contribution in [0.4, 0.5) is 0 Å². The van der Waals surface area contributed by atoms with Crippen molar-refractivity contribution < 1.29 is 4.74 Å². The van der Waals surface area contributed by atoms with Gasteiger partial charge in [-0.15, -0.1) is 0 Å². The zero-order valence-corrected chi connectivity index (χ0v) is 7.16. The first-order valence-electron chi connectivity index (χ1n) is 4.21. The normalized spacial score (nSPS) is 26.8. The minimum atomic E-state index is 0.372. The average molecular weight is 163 g/mol. The molecule has 1 saturated carbocycles. The summed E-state index contributed by atoms with van der Waals surface area (Å²) in [6, 6.07) is 8.52. The summed E-state index contributed by atoms with van der Waals surface area (Å²) in [5.74, 6) is 1.49. The van der Waals surface area contributed by atoms with Crippen LogP contribution in [0.1, 0.15) is 17.9 Å². The summed E-state index contributed by atoms with van der Waals surface area (Å²) >= 11 is 0. The molecule has 0 aromatic heterocycles. The van der Waals surface area contributed by atoms with Gasteiger partial charge < -0.3 is 10.5 Å². The molecule has 0 heterocycles. The van der Waals surface area contributed by atoms with Crippen LogP contribution in [-0.4, -0.2) is 13.2 Å². The molecular formula is C10H13NO. The van der Waals surface area contributed by atoms with Gasteiger partial charge in [-0.1, -0.05) is 12.1 Å². The molecule has 0 unspecified atom stereocenters. The first-order valence-corrected chi connectivity index (χ1v) is 4.21. The van der Waals surface area contributed by atoms with Crippen molar-refractivity contribution in [2.75, 3.05) is 7.11 Å².